The Morgan fingerprint density at radius 2 is 1.90 bits per heavy atom. The topological polar surface area (TPSA) is 57.4 Å². The van der Waals surface area contributed by atoms with E-state index in [4.69, 9.17) is 31.8 Å². The lowest BCUT2D eigenvalue weighted by Gasteiger charge is -2.17. The number of nitrogens with two attached hydrogens (primary N) is 1. The van der Waals surface area contributed by atoms with E-state index >= 15 is 0 Å². The molecule has 1 heterocycles. The summed E-state index contributed by atoms with van der Waals surface area (Å²) in [5.74, 6) is 1.21. The summed E-state index contributed by atoms with van der Waals surface area (Å²) in [7, 11) is 3.21. The van der Waals surface area contributed by atoms with Crippen LogP contribution in [0.4, 0.5) is 5.69 Å². The van der Waals surface area contributed by atoms with E-state index in [-0.39, 0.29) is 0 Å². The van der Waals surface area contributed by atoms with Crippen molar-refractivity contribution in [2.24, 2.45) is 0 Å². The molecule has 0 unspecified atom stereocenters. The first kappa shape index (κ1) is 14.3. The van der Waals surface area contributed by atoms with Crippen molar-refractivity contribution in [2.45, 2.75) is 32.1 Å². The van der Waals surface area contributed by atoms with Gasteiger partial charge in [0.2, 0.25) is 0 Å². The molecule has 0 atom stereocenters. The van der Waals surface area contributed by atoms with E-state index in [2.05, 4.69) is 0 Å². The minimum absolute atomic E-state index is 0.490. The third-order valence-electron chi connectivity index (χ3n) is 4.13. The van der Waals surface area contributed by atoms with Gasteiger partial charge in [0.15, 0.2) is 0 Å². The lowest BCUT2D eigenvalue weighted by Crippen LogP contribution is -2.05. The third kappa shape index (κ3) is 2.27. The third-order valence-corrected chi connectivity index (χ3v) is 4.41. The van der Waals surface area contributed by atoms with Gasteiger partial charge in [0, 0.05) is 17.4 Å². The van der Waals surface area contributed by atoms with Crippen LogP contribution in [0.1, 0.15) is 30.5 Å². The Morgan fingerprint density at radius 1 is 1.14 bits per heavy atom. The summed E-state index contributed by atoms with van der Waals surface area (Å²) >= 11 is 6.29. The van der Waals surface area contributed by atoms with Crippen molar-refractivity contribution in [1.29, 1.82) is 0 Å². The lowest BCUT2D eigenvalue weighted by atomic mass is 10.0. The molecule has 0 aliphatic heterocycles. The first-order valence-corrected chi connectivity index (χ1v) is 7.56. The number of methoxy groups -OCH3 is 2. The zero-order chi connectivity index (χ0) is 15.0. The summed E-state index contributed by atoms with van der Waals surface area (Å²) < 4.78 is 10.9. The van der Waals surface area contributed by atoms with Gasteiger partial charge in [-0.3, -0.25) is 0 Å². The Bertz CT molecular complexity index is 701. The van der Waals surface area contributed by atoms with E-state index < -0.39 is 0 Å². The highest BCUT2D eigenvalue weighted by molar-refractivity contribution is 6.34. The Kier molecular flexibility index (Phi) is 3.81. The minimum atomic E-state index is 0.490. The van der Waals surface area contributed by atoms with E-state index in [9.17, 15) is 0 Å². The van der Waals surface area contributed by atoms with Gasteiger partial charge in [-0.15, -0.1) is 0 Å². The highest BCUT2D eigenvalue weighted by atomic mass is 35.5. The van der Waals surface area contributed by atoms with Crippen molar-refractivity contribution in [2.75, 3.05) is 20.0 Å². The molecule has 21 heavy (non-hydrogen) atoms. The molecule has 2 N–H and O–H groups in total. The summed E-state index contributed by atoms with van der Waals surface area (Å²) in [6.07, 6.45) is 5.43. The molecule has 2 aromatic rings. The molecule has 0 saturated carbocycles. The molecule has 1 aliphatic carbocycles. The summed E-state index contributed by atoms with van der Waals surface area (Å²) in [4.78, 5) is 4.81. The van der Waals surface area contributed by atoms with E-state index in [1.807, 2.05) is 0 Å². The standard InChI is InChI=1S/C16H19ClN2O2/c1-20-12-8-10(17)16(21-2)13-14(18)9-6-4-3-5-7-11(9)19-15(12)13/h8H,3-7H2,1-2H3,(H2,18,19). The normalized spacial score (nSPS) is 14.6. The van der Waals surface area contributed by atoms with Gasteiger partial charge in [-0.1, -0.05) is 18.0 Å². The van der Waals surface area contributed by atoms with Gasteiger partial charge in [-0.2, -0.15) is 0 Å². The van der Waals surface area contributed by atoms with Gasteiger partial charge in [0.25, 0.3) is 0 Å². The van der Waals surface area contributed by atoms with Crippen molar-refractivity contribution in [3.8, 4) is 11.5 Å². The number of nitrogens with zero attached hydrogens (tertiary/aromatic N) is 1. The predicted octanol–water partition coefficient (Wildman–Crippen LogP) is 3.76. The zero-order valence-electron chi connectivity index (χ0n) is 12.3. The van der Waals surface area contributed by atoms with Gasteiger partial charge < -0.3 is 15.2 Å². The van der Waals surface area contributed by atoms with Crippen molar-refractivity contribution in [1.82, 2.24) is 4.98 Å². The lowest BCUT2D eigenvalue weighted by molar-refractivity contribution is 0.410. The van der Waals surface area contributed by atoms with Gasteiger partial charge in [0.1, 0.15) is 17.0 Å². The smallest absolute Gasteiger partial charge is 0.149 e. The molecule has 1 aromatic carbocycles. The number of aromatic nitrogens is 1. The number of rotatable bonds is 2. The fourth-order valence-corrected chi connectivity index (χ4v) is 3.35. The number of benzene rings is 1. The highest BCUT2D eigenvalue weighted by Crippen LogP contribution is 2.43. The largest absolute Gasteiger partial charge is 0.494 e. The average molecular weight is 307 g/mol. The van der Waals surface area contributed by atoms with Crippen LogP contribution in [0.15, 0.2) is 6.07 Å². The fraction of sp³-hybridized carbons (Fsp3) is 0.438. The molecule has 5 heteroatoms. The number of hydrogen-bond acceptors (Lipinski definition) is 4. The highest BCUT2D eigenvalue weighted by Gasteiger charge is 2.22. The van der Waals surface area contributed by atoms with E-state index in [0.717, 1.165) is 53.5 Å². The molecule has 1 aliphatic rings. The molecule has 0 spiro atoms. The second-order valence-corrected chi connectivity index (χ2v) is 5.74. The summed E-state index contributed by atoms with van der Waals surface area (Å²) in [5.41, 5.74) is 10.1. The van der Waals surface area contributed by atoms with Crippen LogP contribution in [0, 0.1) is 0 Å². The number of fused-ring (bicyclic) bond motifs is 2. The van der Waals surface area contributed by atoms with E-state index in [0.29, 0.717) is 16.5 Å². The molecular weight excluding hydrogens is 288 g/mol. The number of aryl methyl sites for hydroxylation is 1. The van der Waals surface area contributed by atoms with Gasteiger partial charge in [-0.25, -0.2) is 4.98 Å². The zero-order valence-corrected chi connectivity index (χ0v) is 13.1. The van der Waals surface area contributed by atoms with E-state index in [1.54, 1.807) is 20.3 Å². The molecule has 0 fully saturated rings. The Balaban J connectivity index is 2.40. The quantitative estimate of drug-likeness (QED) is 0.858. The second-order valence-electron chi connectivity index (χ2n) is 5.33. The van der Waals surface area contributed by atoms with Crippen molar-refractivity contribution in [3.63, 3.8) is 0 Å². The molecule has 112 valence electrons. The number of halogens is 1. The fourth-order valence-electron chi connectivity index (χ4n) is 3.08. The van der Waals surface area contributed by atoms with Crippen LogP contribution < -0.4 is 15.2 Å². The van der Waals surface area contributed by atoms with Crippen LogP contribution in [0.3, 0.4) is 0 Å². The maximum Gasteiger partial charge on any atom is 0.149 e. The van der Waals surface area contributed by atoms with Gasteiger partial charge >= 0.3 is 0 Å². The number of anilines is 1. The number of pyridine rings is 1. The molecule has 1 aromatic heterocycles. The molecule has 0 saturated heterocycles. The monoisotopic (exact) mass is 306 g/mol. The Morgan fingerprint density at radius 3 is 2.62 bits per heavy atom. The number of hydrogen-bond donors (Lipinski definition) is 1. The number of ether oxygens (including phenoxy) is 2. The summed E-state index contributed by atoms with van der Waals surface area (Å²) in [6, 6.07) is 1.73. The van der Waals surface area contributed by atoms with Crippen LogP contribution in [0.25, 0.3) is 10.9 Å². The van der Waals surface area contributed by atoms with Crippen LogP contribution in [-0.4, -0.2) is 19.2 Å². The second kappa shape index (κ2) is 5.60. The minimum Gasteiger partial charge on any atom is -0.494 e. The van der Waals surface area contributed by atoms with Crippen LogP contribution in [0.2, 0.25) is 5.02 Å². The molecule has 0 amide bonds. The molecule has 3 rings (SSSR count). The molecule has 0 bridgehead atoms. The van der Waals surface area contributed by atoms with Crippen molar-refractivity contribution >= 4 is 28.2 Å². The molecular formula is C16H19ClN2O2. The molecule has 0 radical (unpaired) electrons. The first-order chi connectivity index (χ1) is 10.2. The summed E-state index contributed by atoms with van der Waals surface area (Å²) in [6.45, 7) is 0. The SMILES string of the molecule is COc1cc(Cl)c(OC)c2c(N)c3c(nc12)CCCCC3. The summed E-state index contributed by atoms with van der Waals surface area (Å²) in [5, 5.41) is 1.26. The van der Waals surface area contributed by atoms with E-state index in [1.165, 1.54) is 6.42 Å². The van der Waals surface area contributed by atoms with Crippen molar-refractivity contribution < 1.29 is 9.47 Å². The first-order valence-electron chi connectivity index (χ1n) is 7.18. The molecule has 4 nitrogen and oxygen atoms in total. The van der Waals surface area contributed by atoms with Crippen LogP contribution >= 0.6 is 11.6 Å². The Labute approximate surface area is 129 Å². The Hall–Kier alpha value is -1.68. The number of nitrogen functional groups attached to an aromatic ring is 1. The average Bonchev–Trinajstić information content (AvgIpc) is 2.73. The maximum atomic E-state index is 6.44. The maximum absolute atomic E-state index is 6.44. The van der Waals surface area contributed by atoms with Crippen LogP contribution in [-0.2, 0) is 12.8 Å². The van der Waals surface area contributed by atoms with Crippen LogP contribution in [0.5, 0.6) is 11.5 Å². The van der Waals surface area contributed by atoms with Crippen molar-refractivity contribution in [3.05, 3.63) is 22.3 Å². The van der Waals surface area contributed by atoms with Gasteiger partial charge in [0.05, 0.1) is 24.6 Å². The predicted molar refractivity (Wildman–Crippen MR) is 85.5 cm³/mol. The van der Waals surface area contributed by atoms with Gasteiger partial charge in [-0.05, 0) is 31.2 Å².